The molecule has 1 fully saturated rings. The number of rotatable bonds is 5. The van der Waals surface area contributed by atoms with E-state index in [0.29, 0.717) is 12.0 Å². The van der Waals surface area contributed by atoms with Gasteiger partial charge in [0.1, 0.15) is 5.75 Å². The molecule has 0 unspecified atom stereocenters. The van der Waals surface area contributed by atoms with Gasteiger partial charge >= 0.3 is 0 Å². The zero-order valence-corrected chi connectivity index (χ0v) is 13.3. The number of hydrogen-bond donors (Lipinski definition) is 1. The molecule has 1 saturated heterocycles. The number of methoxy groups -OCH3 is 1. The predicted octanol–water partition coefficient (Wildman–Crippen LogP) is 3.17. The summed E-state index contributed by atoms with van der Waals surface area (Å²) in [5.41, 5.74) is 2.75. The van der Waals surface area contributed by atoms with Gasteiger partial charge in [0.25, 0.3) is 0 Å². The molecular formula is C17H28N2O. The highest BCUT2D eigenvalue weighted by Crippen LogP contribution is 2.34. The van der Waals surface area contributed by atoms with E-state index in [1.165, 1.54) is 11.1 Å². The second kappa shape index (κ2) is 7.09. The third-order valence-corrected chi connectivity index (χ3v) is 4.26. The lowest BCUT2D eigenvalue weighted by Gasteiger charge is -2.35. The van der Waals surface area contributed by atoms with Crippen LogP contribution in [0.3, 0.4) is 0 Å². The molecule has 1 aromatic carbocycles. The average molecular weight is 276 g/mol. The molecule has 0 aromatic heterocycles. The fourth-order valence-corrected chi connectivity index (χ4v) is 3.04. The number of nitrogens with one attached hydrogen (secondary N) is 1. The first-order valence-corrected chi connectivity index (χ1v) is 7.80. The highest BCUT2D eigenvalue weighted by molar-refractivity contribution is 5.40. The summed E-state index contributed by atoms with van der Waals surface area (Å²) in [7, 11) is 1.78. The maximum Gasteiger partial charge on any atom is 0.123 e. The van der Waals surface area contributed by atoms with Gasteiger partial charge in [-0.2, -0.15) is 0 Å². The minimum atomic E-state index is 0.464. The minimum Gasteiger partial charge on any atom is -0.496 e. The van der Waals surface area contributed by atoms with Crippen LogP contribution < -0.4 is 10.1 Å². The van der Waals surface area contributed by atoms with Gasteiger partial charge in [0, 0.05) is 37.8 Å². The number of benzene rings is 1. The van der Waals surface area contributed by atoms with Gasteiger partial charge < -0.3 is 10.1 Å². The van der Waals surface area contributed by atoms with Gasteiger partial charge in [0.05, 0.1) is 7.11 Å². The first-order chi connectivity index (χ1) is 9.67. The minimum absolute atomic E-state index is 0.464. The lowest BCUT2D eigenvalue weighted by atomic mass is 9.94. The molecule has 3 nitrogen and oxygen atoms in total. The topological polar surface area (TPSA) is 24.5 Å². The number of ether oxygens (including phenoxy) is 1. The van der Waals surface area contributed by atoms with E-state index in [9.17, 15) is 0 Å². The van der Waals surface area contributed by atoms with E-state index in [1.54, 1.807) is 7.11 Å². The lowest BCUT2D eigenvalue weighted by molar-refractivity contribution is 0.166. The van der Waals surface area contributed by atoms with Crippen molar-refractivity contribution >= 4 is 0 Å². The van der Waals surface area contributed by atoms with Crippen molar-refractivity contribution < 1.29 is 4.74 Å². The van der Waals surface area contributed by atoms with Crippen LogP contribution in [0.25, 0.3) is 0 Å². The molecule has 0 amide bonds. The van der Waals surface area contributed by atoms with Crippen LogP contribution in [-0.4, -0.2) is 38.2 Å². The van der Waals surface area contributed by atoms with E-state index in [2.05, 4.69) is 49.2 Å². The average Bonchev–Trinajstić information content (AvgIpc) is 2.49. The number of nitrogens with zero attached hydrogens (tertiary/aromatic N) is 1. The fourth-order valence-electron chi connectivity index (χ4n) is 3.04. The Balaban J connectivity index is 2.32. The van der Waals surface area contributed by atoms with Gasteiger partial charge in [-0.25, -0.2) is 0 Å². The molecular weight excluding hydrogens is 248 g/mol. The standard InChI is InChI=1S/C17H28N2O/c1-5-16(19-10-8-18-9-11-19)15-12-14(13(2)3)6-7-17(15)20-4/h6-7,12-13,16,18H,5,8-11H2,1-4H3/t16-/m0/s1. The normalized spacial score (nSPS) is 18.2. The van der Waals surface area contributed by atoms with Crippen molar-refractivity contribution in [3.63, 3.8) is 0 Å². The number of piperazine rings is 1. The molecule has 0 saturated carbocycles. The molecule has 1 N–H and O–H groups in total. The lowest BCUT2D eigenvalue weighted by Crippen LogP contribution is -2.45. The summed E-state index contributed by atoms with van der Waals surface area (Å²) in [5.74, 6) is 1.58. The van der Waals surface area contributed by atoms with Gasteiger partial charge in [-0.15, -0.1) is 0 Å². The summed E-state index contributed by atoms with van der Waals surface area (Å²) in [4.78, 5) is 2.58. The Labute approximate surface area is 123 Å². The van der Waals surface area contributed by atoms with Gasteiger partial charge in [-0.05, 0) is 24.0 Å². The number of hydrogen-bond acceptors (Lipinski definition) is 3. The van der Waals surface area contributed by atoms with Crippen molar-refractivity contribution in [2.45, 2.75) is 39.2 Å². The summed E-state index contributed by atoms with van der Waals surface area (Å²) >= 11 is 0. The highest BCUT2D eigenvalue weighted by Gasteiger charge is 2.23. The van der Waals surface area contributed by atoms with Crippen LogP contribution in [0.5, 0.6) is 5.75 Å². The van der Waals surface area contributed by atoms with E-state index in [-0.39, 0.29) is 0 Å². The molecule has 1 aromatic rings. The van der Waals surface area contributed by atoms with Crippen LogP contribution in [0.1, 0.15) is 50.3 Å². The van der Waals surface area contributed by atoms with Gasteiger partial charge in [0.2, 0.25) is 0 Å². The molecule has 1 atom stereocenters. The van der Waals surface area contributed by atoms with Crippen LogP contribution in [0.4, 0.5) is 0 Å². The Hall–Kier alpha value is -1.06. The van der Waals surface area contributed by atoms with Gasteiger partial charge in [0.15, 0.2) is 0 Å². The highest BCUT2D eigenvalue weighted by atomic mass is 16.5. The Bertz CT molecular complexity index is 425. The molecule has 0 bridgehead atoms. The largest absolute Gasteiger partial charge is 0.496 e. The molecule has 112 valence electrons. The van der Waals surface area contributed by atoms with Crippen molar-refractivity contribution in [3.05, 3.63) is 29.3 Å². The van der Waals surface area contributed by atoms with Crippen LogP contribution in [0, 0.1) is 0 Å². The molecule has 3 heteroatoms. The summed E-state index contributed by atoms with van der Waals surface area (Å²) in [6.45, 7) is 11.2. The van der Waals surface area contributed by atoms with E-state index >= 15 is 0 Å². The first-order valence-electron chi connectivity index (χ1n) is 7.80. The molecule has 1 aliphatic heterocycles. The van der Waals surface area contributed by atoms with Crippen molar-refractivity contribution in [1.29, 1.82) is 0 Å². The molecule has 0 radical (unpaired) electrons. The fraction of sp³-hybridized carbons (Fsp3) is 0.647. The first kappa shape index (κ1) is 15.3. The van der Waals surface area contributed by atoms with E-state index < -0.39 is 0 Å². The maximum absolute atomic E-state index is 5.61. The zero-order chi connectivity index (χ0) is 14.5. The molecule has 20 heavy (non-hydrogen) atoms. The van der Waals surface area contributed by atoms with Crippen molar-refractivity contribution in [1.82, 2.24) is 10.2 Å². The van der Waals surface area contributed by atoms with Gasteiger partial charge in [-0.1, -0.05) is 32.9 Å². The Morgan fingerprint density at radius 3 is 2.50 bits per heavy atom. The molecule has 0 aliphatic carbocycles. The van der Waals surface area contributed by atoms with Crippen LogP contribution in [0.15, 0.2) is 18.2 Å². The summed E-state index contributed by atoms with van der Waals surface area (Å²) in [5, 5.41) is 3.43. The van der Waals surface area contributed by atoms with E-state index in [1.807, 2.05) is 0 Å². The van der Waals surface area contributed by atoms with Crippen molar-refractivity contribution in [3.8, 4) is 5.75 Å². The zero-order valence-electron chi connectivity index (χ0n) is 13.3. The van der Waals surface area contributed by atoms with Gasteiger partial charge in [-0.3, -0.25) is 4.90 Å². The Morgan fingerprint density at radius 1 is 1.25 bits per heavy atom. The SMILES string of the molecule is CC[C@@H](c1cc(C(C)C)ccc1OC)N1CCNCC1. The summed E-state index contributed by atoms with van der Waals surface area (Å²) in [6, 6.07) is 7.14. The smallest absolute Gasteiger partial charge is 0.123 e. The third kappa shape index (κ3) is 3.33. The third-order valence-electron chi connectivity index (χ3n) is 4.26. The maximum atomic E-state index is 5.61. The second-order valence-corrected chi connectivity index (χ2v) is 5.87. The van der Waals surface area contributed by atoms with Crippen LogP contribution >= 0.6 is 0 Å². The second-order valence-electron chi connectivity index (χ2n) is 5.87. The van der Waals surface area contributed by atoms with Crippen molar-refractivity contribution in [2.75, 3.05) is 33.3 Å². The molecule has 1 aliphatic rings. The molecule has 2 rings (SSSR count). The Morgan fingerprint density at radius 2 is 1.95 bits per heavy atom. The molecule has 0 spiro atoms. The van der Waals surface area contributed by atoms with Crippen molar-refractivity contribution in [2.24, 2.45) is 0 Å². The van der Waals surface area contributed by atoms with Crippen LogP contribution in [0.2, 0.25) is 0 Å². The van der Waals surface area contributed by atoms with E-state index in [0.717, 1.165) is 38.3 Å². The Kier molecular flexibility index (Phi) is 5.44. The van der Waals surface area contributed by atoms with E-state index in [4.69, 9.17) is 4.74 Å². The summed E-state index contributed by atoms with van der Waals surface area (Å²) in [6.07, 6.45) is 1.12. The quantitative estimate of drug-likeness (QED) is 0.894. The monoisotopic (exact) mass is 276 g/mol. The molecule has 1 heterocycles. The predicted molar refractivity (Wildman–Crippen MR) is 84.6 cm³/mol. The summed E-state index contributed by atoms with van der Waals surface area (Å²) < 4.78 is 5.61. The van der Waals surface area contributed by atoms with Crippen LogP contribution in [-0.2, 0) is 0 Å².